The highest BCUT2D eigenvalue weighted by atomic mass is 32.1. The van der Waals surface area contributed by atoms with Crippen LogP contribution < -0.4 is 0 Å². The number of hydrogen-bond acceptors (Lipinski definition) is 3. The standard InChI is InChI=1S/C23H26N2OS/c1-2-17-10-12-18(13-11-17)14-15-22(26)25-16-6-5-8-20(25)23-24-19-7-3-4-9-21(19)27-23/h3-4,7,9-13,20H,2,5-6,8,14-16H2,1H3/t20-/m1/s1. The molecule has 1 aromatic heterocycles. The van der Waals surface area contributed by atoms with Gasteiger partial charge < -0.3 is 4.90 Å². The lowest BCUT2D eigenvalue weighted by Gasteiger charge is -2.34. The van der Waals surface area contributed by atoms with Gasteiger partial charge >= 0.3 is 0 Å². The van der Waals surface area contributed by atoms with Crippen molar-refractivity contribution in [2.75, 3.05) is 6.54 Å². The Balaban J connectivity index is 1.46. The van der Waals surface area contributed by atoms with Gasteiger partial charge in [0.1, 0.15) is 5.01 Å². The summed E-state index contributed by atoms with van der Waals surface area (Å²) < 4.78 is 1.21. The topological polar surface area (TPSA) is 33.2 Å². The lowest BCUT2D eigenvalue weighted by atomic mass is 10.0. The van der Waals surface area contributed by atoms with Crippen molar-refractivity contribution >= 4 is 27.5 Å². The van der Waals surface area contributed by atoms with Crippen LogP contribution in [-0.2, 0) is 17.6 Å². The molecule has 0 bridgehead atoms. The minimum atomic E-state index is 0.145. The number of fused-ring (bicyclic) bond motifs is 1. The summed E-state index contributed by atoms with van der Waals surface area (Å²) in [6.07, 6.45) is 5.73. The van der Waals surface area contributed by atoms with Crippen molar-refractivity contribution in [3.05, 3.63) is 64.7 Å². The molecule has 2 aromatic carbocycles. The summed E-state index contributed by atoms with van der Waals surface area (Å²) in [6, 6.07) is 17.1. The molecule has 3 nitrogen and oxygen atoms in total. The van der Waals surface area contributed by atoms with Crippen molar-refractivity contribution in [3.8, 4) is 0 Å². The van der Waals surface area contributed by atoms with Gasteiger partial charge in [-0.1, -0.05) is 43.3 Å². The summed E-state index contributed by atoms with van der Waals surface area (Å²) in [5.41, 5.74) is 3.64. The van der Waals surface area contributed by atoms with Gasteiger partial charge in [-0.15, -0.1) is 11.3 Å². The first-order valence-electron chi connectivity index (χ1n) is 9.97. The summed E-state index contributed by atoms with van der Waals surface area (Å²) in [4.78, 5) is 19.9. The number of thiazole rings is 1. The van der Waals surface area contributed by atoms with Crippen molar-refractivity contribution in [2.45, 2.75) is 51.5 Å². The Hall–Kier alpha value is -2.20. The van der Waals surface area contributed by atoms with E-state index in [1.165, 1.54) is 22.2 Å². The molecule has 1 saturated heterocycles. The van der Waals surface area contributed by atoms with Gasteiger partial charge in [-0.2, -0.15) is 0 Å². The van der Waals surface area contributed by atoms with Gasteiger partial charge in [-0.05, 0) is 55.4 Å². The number of benzene rings is 2. The van der Waals surface area contributed by atoms with E-state index in [9.17, 15) is 4.79 Å². The molecular weight excluding hydrogens is 352 g/mol. The Morgan fingerprint density at radius 1 is 1.11 bits per heavy atom. The summed E-state index contributed by atoms with van der Waals surface area (Å²) in [6.45, 7) is 3.02. The Kier molecular flexibility index (Phi) is 5.53. The fourth-order valence-electron chi connectivity index (χ4n) is 3.86. The van der Waals surface area contributed by atoms with Crippen molar-refractivity contribution in [2.24, 2.45) is 0 Å². The van der Waals surface area contributed by atoms with Gasteiger partial charge in [0.2, 0.25) is 5.91 Å². The van der Waals surface area contributed by atoms with E-state index in [2.05, 4.69) is 54.3 Å². The van der Waals surface area contributed by atoms with E-state index in [-0.39, 0.29) is 11.9 Å². The van der Waals surface area contributed by atoms with E-state index >= 15 is 0 Å². The van der Waals surface area contributed by atoms with Gasteiger partial charge in [0, 0.05) is 13.0 Å². The Morgan fingerprint density at radius 2 is 1.89 bits per heavy atom. The van der Waals surface area contributed by atoms with E-state index in [0.29, 0.717) is 6.42 Å². The SMILES string of the molecule is CCc1ccc(CCC(=O)N2CCCC[C@@H]2c2nc3ccccc3s2)cc1. The minimum Gasteiger partial charge on any atom is -0.333 e. The predicted octanol–water partition coefficient (Wildman–Crippen LogP) is 5.55. The zero-order valence-electron chi connectivity index (χ0n) is 15.9. The summed E-state index contributed by atoms with van der Waals surface area (Å²) in [5, 5.41) is 1.09. The summed E-state index contributed by atoms with van der Waals surface area (Å²) >= 11 is 1.74. The smallest absolute Gasteiger partial charge is 0.223 e. The monoisotopic (exact) mass is 378 g/mol. The van der Waals surface area contributed by atoms with Crippen molar-refractivity contribution in [1.82, 2.24) is 9.88 Å². The third-order valence-corrected chi connectivity index (χ3v) is 6.62. The maximum Gasteiger partial charge on any atom is 0.223 e. The minimum absolute atomic E-state index is 0.145. The molecular formula is C23H26N2OS. The fourth-order valence-corrected chi connectivity index (χ4v) is 4.97. The maximum atomic E-state index is 13.0. The molecule has 27 heavy (non-hydrogen) atoms. The van der Waals surface area contributed by atoms with Gasteiger partial charge in [0.05, 0.1) is 16.3 Å². The molecule has 3 aromatic rings. The van der Waals surface area contributed by atoms with Crippen LogP contribution in [0.5, 0.6) is 0 Å². The molecule has 0 radical (unpaired) electrons. The molecule has 1 atom stereocenters. The molecule has 2 heterocycles. The van der Waals surface area contributed by atoms with Gasteiger partial charge in [-0.25, -0.2) is 4.98 Å². The van der Waals surface area contributed by atoms with Gasteiger partial charge in [-0.3, -0.25) is 4.79 Å². The average Bonchev–Trinajstić information content (AvgIpc) is 3.16. The summed E-state index contributed by atoms with van der Waals surface area (Å²) in [5.74, 6) is 0.263. The number of amides is 1. The number of aryl methyl sites for hydroxylation is 2. The number of rotatable bonds is 5. The van der Waals surface area contributed by atoms with Crippen molar-refractivity contribution < 1.29 is 4.79 Å². The highest BCUT2D eigenvalue weighted by Gasteiger charge is 2.29. The first-order chi connectivity index (χ1) is 13.2. The predicted molar refractivity (Wildman–Crippen MR) is 112 cm³/mol. The number of carbonyl (C=O) groups excluding carboxylic acids is 1. The second kappa shape index (κ2) is 8.22. The van der Waals surface area contributed by atoms with E-state index in [1.807, 2.05) is 6.07 Å². The lowest BCUT2D eigenvalue weighted by Crippen LogP contribution is -2.38. The number of hydrogen-bond donors (Lipinski definition) is 0. The molecule has 0 N–H and O–H groups in total. The van der Waals surface area contributed by atoms with Crippen LogP contribution in [0.4, 0.5) is 0 Å². The number of para-hydroxylation sites is 1. The highest BCUT2D eigenvalue weighted by molar-refractivity contribution is 7.18. The quantitative estimate of drug-likeness (QED) is 0.583. The first-order valence-corrected chi connectivity index (χ1v) is 10.8. The molecule has 1 aliphatic rings. The zero-order chi connectivity index (χ0) is 18.6. The van der Waals surface area contributed by atoms with E-state index in [0.717, 1.165) is 42.8 Å². The number of nitrogens with zero attached hydrogens (tertiary/aromatic N) is 2. The van der Waals surface area contributed by atoms with Crippen molar-refractivity contribution in [1.29, 1.82) is 0 Å². The second-order valence-electron chi connectivity index (χ2n) is 7.29. The van der Waals surface area contributed by atoms with Gasteiger partial charge in [0.25, 0.3) is 0 Å². The van der Waals surface area contributed by atoms with Crippen LogP contribution >= 0.6 is 11.3 Å². The zero-order valence-corrected chi connectivity index (χ0v) is 16.7. The van der Waals surface area contributed by atoms with E-state index in [4.69, 9.17) is 4.98 Å². The Morgan fingerprint density at radius 3 is 2.67 bits per heavy atom. The molecule has 4 heteroatoms. The normalized spacial score (nSPS) is 17.4. The third kappa shape index (κ3) is 4.06. The van der Waals surface area contributed by atoms with E-state index < -0.39 is 0 Å². The van der Waals surface area contributed by atoms with Crippen molar-refractivity contribution in [3.63, 3.8) is 0 Å². The van der Waals surface area contributed by atoms with Crippen LogP contribution in [0.15, 0.2) is 48.5 Å². The Bertz CT molecular complexity index is 883. The number of piperidine rings is 1. The highest BCUT2D eigenvalue weighted by Crippen LogP contribution is 2.36. The van der Waals surface area contributed by atoms with Crippen LogP contribution in [0.2, 0.25) is 0 Å². The van der Waals surface area contributed by atoms with E-state index in [1.54, 1.807) is 11.3 Å². The fraction of sp³-hybridized carbons (Fsp3) is 0.391. The molecule has 0 unspecified atom stereocenters. The molecule has 1 amide bonds. The molecule has 0 saturated carbocycles. The van der Waals surface area contributed by atoms with Crippen LogP contribution in [-0.4, -0.2) is 22.3 Å². The van der Waals surface area contributed by atoms with Crippen LogP contribution in [0.1, 0.15) is 54.8 Å². The number of likely N-dealkylation sites (tertiary alicyclic amines) is 1. The molecule has 1 fully saturated rings. The summed E-state index contributed by atoms with van der Waals surface area (Å²) in [7, 11) is 0. The largest absolute Gasteiger partial charge is 0.333 e. The lowest BCUT2D eigenvalue weighted by molar-refractivity contribution is -0.135. The maximum absolute atomic E-state index is 13.0. The third-order valence-electron chi connectivity index (χ3n) is 5.48. The second-order valence-corrected chi connectivity index (χ2v) is 8.35. The van der Waals surface area contributed by atoms with Gasteiger partial charge in [0.15, 0.2) is 0 Å². The average molecular weight is 379 g/mol. The first kappa shape index (κ1) is 18.2. The number of carbonyl (C=O) groups is 1. The van der Waals surface area contributed by atoms with Crippen LogP contribution in [0.25, 0.3) is 10.2 Å². The molecule has 1 aliphatic heterocycles. The van der Waals surface area contributed by atoms with Crippen LogP contribution in [0, 0.1) is 0 Å². The number of aromatic nitrogens is 1. The molecule has 0 spiro atoms. The van der Waals surface area contributed by atoms with Crippen LogP contribution in [0.3, 0.4) is 0 Å². The molecule has 4 rings (SSSR count). The molecule has 0 aliphatic carbocycles. The molecule has 140 valence electrons. The Labute approximate surface area is 165 Å².